The minimum atomic E-state index is -0.280. The van der Waals surface area contributed by atoms with Crippen LogP contribution < -0.4 is 10.5 Å². The fourth-order valence-electron chi connectivity index (χ4n) is 2.33. The molecular weight excluding hydrogens is 281 g/mol. The molecule has 0 aromatic heterocycles. The zero-order valence-corrected chi connectivity index (χ0v) is 11.7. The smallest absolute Gasteiger partial charge is 0.122 e. The first-order chi connectivity index (χ1) is 9.15. The molecule has 98 valence electrons. The van der Waals surface area contributed by atoms with Gasteiger partial charge in [-0.2, -0.15) is 0 Å². The van der Waals surface area contributed by atoms with Crippen LogP contribution in [-0.2, 0) is 6.42 Å². The lowest BCUT2D eigenvalue weighted by atomic mass is 9.97. The molecule has 1 aliphatic rings. The van der Waals surface area contributed by atoms with Crippen molar-refractivity contribution in [3.05, 3.63) is 63.1 Å². The van der Waals surface area contributed by atoms with E-state index in [0.717, 1.165) is 29.9 Å². The van der Waals surface area contributed by atoms with E-state index < -0.39 is 0 Å². The Balaban J connectivity index is 1.99. The molecule has 2 aromatic carbocycles. The van der Waals surface area contributed by atoms with E-state index in [1.165, 1.54) is 5.56 Å². The maximum absolute atomic E-state index is 6.30. The first-order valence-corrected chi connectivity index (χ1v) is 6.87. The van der Waals surface area contributed by atoms with Crippen molar-refractivity contribution in [3.8, 4) is 5.75 Å². The summed E-state index contributed by atoms with van der Waals surface area (Å²) in [6, 6.07) is 11.1. The first kappa shape index (κ1) is 12.8. The predicted molar refractivity (Wildman–Crippen MR) is 78.1 cm³/mol. The van der Waals surface area contributed by atoms with E-state index in [1.807, 2.05) is 18.2 Å². The average Bonchev–Trinajstić information content (AvgIpc) is 2.88. The van der Waals surface area contributed by atoms with Gasteiger partial charge in [-0.1, -0.05) is 35.3 Å². The Morgan fingerprint density at radius 3 is 2.79 bits per heavy atom. The van der Waals surface area contributed by atoms with Crippen LogP contribution in [0.1, 0.15) is 22.7 Å². The number of rotatable bonds is 2. The van der Waals surface area contributed by atoms with Crippen LogP contribution in [0.5, 0.6) is 5.75 Å². The highest BCUT2D eigenvalue weighted by Crippen LogP contribution is 2.32. The fraction of sp³-hybridized carbons (Fsp3) is 0.200. The molecule has 1 atom stereocenters. The van der Waals surface area contributed by atoms with Gasteiger partial charge in [-0.25, -0.2) is 0 Å². The van der Waals surface area contributed by atoms with Gasteiger partial charge in [0.1, 0.15) is 5.75 Å². The van der Waals surface area contributed by atoms with Gasteiger partial charge in [0.05, 0.1) is 12.6 Å². The van der Waals surface area contributed by atoms with Gasteiger partial charge in [-0.15, -0.1) is 0 Å². The molecular formula is C15H13Cl2NO. The molecule has 1 heterocycles. The van der Waals surface area contributed by atoms with Crippen LogP contribution in [0.4, 0.5) is 0 Å². The minimum Gasteiger partial charge on any atom is -0.493 e. The van der Waals surface area contributed by atoms with Crippen LogP contribution in [-0.4, -0.2) is 6.61 Å². The largest absolute Gasteiger partial charge is 0.493 e. The van der Waals surface area contributed by atoms with Crippen LogP contribution in [0.15, 0.2) is 36.4 Å². The van der Waals surface area contributed by atoms with Gasteiger partial charge in [-0.3, -0.25) is 0 Å². The van der Waals surface area contributed by atoms with Crippen molar-refractivity contribution in [1.29, 1.82) is 0 Å². The normalized spacial score (nSPS) is 14.9. The number of hydrogen-bond donors (Lipinski definition) is 1. The average molecular weight is 294 g/mol. The zero-order valence-electron chi connectivity index (χ0n) is 10.2. The van der Waals surface area contributed by atoms with Crippen molar-refractivity contribution in [2.75, 3.05) is 6.61 Å². The maximum Gasteiger partial charge on any atom is 0.122 e. The van der Waals surface area contributed by atoms with Crippen molar-refractivity contribution < 1.29 is 4.74 Å². The van der Waals surface area contributed by atoms with Gasteiger partial charge in [-0.05, 0) is 41.0 Å². The molecule has 3 rings (SSSR count). The molecule has 2 aromatic rings. The standard InChI is InChI=1S/C15H13Cl2NO/c16-11-2-3-13(17)12(8-11)15(18)10-1-4-14-9(7-10)5-6-19-14/h1-4,7-8,15H,5-6,18H2. The third-order valence-electron chi connectivity index (χ3n) is 3.37. The van der Waals surface area contributed by atoms with Crippen LogP contribution >= 0.6 is 23.2 Å². The maximum atomic E-state index is 6.30. The number of fused-ring (bicyclic) bond motifs is 1. The quantitative estimate of drug-likeness (QED) is 0.909. The van der Waals surface area contributed by atoms with E-state index in [-0.39, 0.29) is 6.04 Å². The molecule has 1 unspecified atom stereocenters. The lowest BCUT2D eigenvalue weighted by Crippen LogP contribution is -2.12. The summed E-state index contributed by atoms with van der Waals surface area (Å²) in [5.41, 5.74) is 9.36. The van der Waals surface area contributed by atoms with Crippen molar-refractivity contribution in [1.82, 2.24) is 0 Å². The second kappa shape index (κ2) is 5.04. The summed E-state index contributed by atoms with van der Waals surface area (Å²) in [4.78, 5) is 0. The van der Waals surface area contributed by atoms with Gasteiger partial charge in [0.15, 0.2) is 0 Å². The third kappa shape index (κ3) is 2.44. The highest BCUT2D eigenvalue weighted by Gasteiger charge is 2.17. The van der Waals surface area contributed by atoms with E-state index in [2.05, 4.69) is 6.07 Å². The topological polar surface area (TPSA) is 35.2 Å². The summed E-state index contributed by atoms with van der Waals surface area (Å²) in [5.74, 6) is 0.952. The Kier molecular flexibility index (Phi) is 3.40. The van der Waals surface area contributed by atoms with E-state index >= 15 is 0 Å². The third-order valence-corrected chi connectivity index (χ3v) is 3.95. The molecule has 0 radical (unpaired) electrons. The Labute approximate surface area is 122 Å². The molecule has 0 bridgehead atoms. The molecule has 4 heteroatoms. The Bertz CT molecular complexity index is 628. The molecule has 0 saturated heterocycles. The van der Waals surface area contributed by atoms with Crippen LogP contribution in [0.3, 0.4) is 0 Å². The molecule has 2 nitrogen and oxygen atoms in total. The molecule has 0 fully saturated rings. The van der Waals surface area contributed by atoms with Crippen molar-refractivity contribution >= 4 is 23.2 Å². The SMILES string of the molecule is NC(c1ccc2c(c1)CCO2)c1cc(Cl)ccc1Cl. The molecule has 1 aliphatic heterocycles. The molecule has 0 aliphatic carbocycles. The number of benzene rings is 2. The lowest BCUT2D eigenvalue weighted by Gasteiger charge is -2.15. The van der Waals surface area contributed by atoms with Crippen LogP contribution in [0, 0.1) is 0 Å². The zero-order chi connectivity index (χ0) is 13.4. The van der Waals surface area contributed by atoms with Crippen LogP contribution in [0.2, 0.25) is 10.0 Å². The molecule has 0 saturated carbocycles. The van der Waals surface area contributed by atoms with E-state index in [4.69, 9.17) is 33.7 Å². The lowest BCUT2D eigenvalue weighted by molar-refractivity contribution is 0.357. The number of nitrogens with two attached hydrogens (primary N) is 1. The van der Waals surface area contributed by atoms with E-state index in [1.54, 1.807) is 12.1 Å². The fourth-order valence-corrected chi connectivity index (χ4v) is 2.75. The Morgan fingerprint density at radius 1 is 1.11 bits per heavy atom. The van der Waals surface area contributed by atoms with Gasteiger partial charge in [0.25, 0.3) is 0 Å². The van der Waals surface area contributed by atoms with Crippen LogP contribution in [0.25, 0.3) is 0 Å². The summed E-state index contributed by atoms with van der Waals surface area (Å²) in [7, 11) is 0. The predicted octanol–water partition coefficient (Wildman–Crippen LogP) is 3.98. The summed E-state index contributed by atoms with van der Waals surface area (Å²) in [6.07, 6.45) is 0.930. The molecule has 2 N–H and O–H groups in total. The monoisotopic (exact) mass is 293 g/mol. The van der Waals surface area contributed by atoms with Gasteiger partial charge >= 0.3 is 0 Å². The van der Waals surface area contributed by atoms with E-state index in [0.29, 0.717) is 10.0 Å². The second-order valence-electron chi connectivity index (χ2n) is 4.61. The van der Waals surface area contributed by atoms with Gasteiger partial charge in [0.2, 0.25) is 0 Å². The number of halogens is 2. The molecule has 0 amide bonds. The van der Waals surface area contributed by atoms with Crippen molar-refractivity contribution in [2.45, 2.75) is 12.5 Å². The summed E-state index contributed by atoms with van der Waals surface area (Å²) in [5, 5.41) is 1.27. The van der Waals surface area contributed by atoms with Crippen molar-refractivity contribution in [2.24, 2.45) is 5.73 Å². The summed E-state index contributed by atoms with van der Waals surface area (Å²) >= 11 is 12.2. The highest BCUT2D eigenvalue weighted by atomic mass is 35.5. The van der Waals surface area contributed by atoms with Crippen molar-refractivity contribution in [3.63, 3.8) is 0 Å². The molecule has 0 spiro atoms. The minimum absolute atomic E-state index is 0.280. The second-order valence-corrected chi connectivity index (χ2v) is 5.45. The number of hydrogen-bond acceptors (Lipinski definition) is 2. The van der Waals surface area contributed by atoms with E-state index in [9.17, 15) is 0 Å². The summed E-state index contributed by atoms with van der Waals surface area (Å²) < 4.78 is 5.49. The number of ether oxygens (including phenoxy) is 1. The summed E-state index contributed by atoms with van der Waals surface area (Å²) in [6.45, 7) is 0.742. The molecule has 19 heavy (non-hydrogen) atoms. The first-order valence-electron chi connectivity index (χ1n) is 6.11. The van der Waals surface area contributed by atoms with Gasteiger partial charge < -0.3 is 10.5 Å². The Hall–Kier alpha value is -1.22. The Morgan fingerprint density at radius 2 is 1.95 bits per heavy atom. The highest BCUT2D eigenvalue weighted by molar-refractivity contribution is 6.33. The van der Waals surface area contributed by atoms with Gasteiger partial charge in [0, 0.05) is 16.5 Å².